The second-order valence-corrected chi connectivity index (χ2v) is 15.5. The molecule has 274 valence electrons. The van der Waals surface area contributed by atoms with Crippen LogP contribution in [0.2, 0.25) is 0 Å². The van der Waals surface area contributed by atoms with Gasteiger partial charge in [0.15, 0.2) is 0 Å². The van der Waals surface area contributed by atoms with Crippen molar-refractivity contribution in [3.8, 4) is 16.9 Å². The molecular formula is C40H41N5O6S2. The van der Waals surface area contributed by atoms with Crippen LogP contribution in [0.15, 0.2) is 125 Å². The maximum absolute atomic E-state index is 13.1. The second kappa shape index (κ2) is 17.0. The number of nitro benzene ring substituents is 1. The molecule has 1 aliphatic rings. The van der Waals surface area contributed by atoms with Crippen LogP contribution in [0.25, 0.3) is 11.1 Å². The third-order valence-corrected chi connectivity index (χ3v) is 11.5. The predicted molar refractivity (Wildman–Crippen MR) is 210 cm³/mol. The Labute approximate surface area is 313 Å². The quantitative estimate of drug-likeness (QED) is 0.0462. The van der Waals surface area contributed by atoms with Gasteiger partial charge in [-0.3, -0.25) is 19.8 Å². The Bertz CT molecular complexity index is 2170. The van der Waals surface area contributed by atoms with Gasteiger partial charge in [0, 0.05) is 67.2 Å². The van der Waals surface area contributed by atoms with Gasteiger partial charge in [0.2, 0.25) is 0 Å². The highest BCUT2D eigenvalue weighted by atomic mass is 32.2. The molecule has 0 bridgehead atoms. The third kappa shape index (κ3) is 9.55. The van der Waals surface area contributed by atoms with Crippen molar-refractivity contribution >= 4 is 44.8 Å². The zero-order chi connectivity index (χ0) is 37.4. The molecule has 11 nitrogen and oxygen atoms in total. The van der Waals surface area contributed by atoms with Gasteiger partial charge in [-0.2, -0.15) is 0 Å². The molecular weight excluding hydrogens is 711 g/mol. The molecule has 1 heterocycles. The molecule has 0 radical (unpaired) electrons. The summed E-state index contributed by atoms with van der Waals surface area (Å²) in [5.74, 6) is 0.0652. The van der Waals surface area contributed by atoms with Crippen molar-refractivity contribution in [2.45, 2.75) is 29.7 Å². The number of amides is 1. The number of nitrogens with one attached hydrogen (secondary N) is 2. The summed E-state index contributed by atoms with van der Waals surface area (Å²) in [5, 5.41) is 24.7. The van der Waals surface area contributed by atoms with Gasteiger partial charge in [0.05, 0.1) is 9.82 Å². The van der Waals surface area contributed by atoms with E-state index < -0.39 is 26.5 Å². The molecule has 1 aliphatic heterocycles. The first-order chi connectivity index (χ1) is 25.6. The van der Waals surface area contributed by atoms with Crippen molar-refractivity contribution in [2.75, 3.05) is 48.7 Å². The minimum atomic E-state index is -4.39. The summed E-state index contributed by atoms with van der Waals surface area (Å²) < 4.78 is 28.3. The molecule has 53 heavy (non-hydrogen) atoms. The number of hydrogen-bond acceptors (Lipinski definition) is 10. The smallest absolute Gasteiger partial charge is 0.293 e. The van der Waals surface area contributed by atoms with E-state index in [1.807, 2.05) is 42.5 Å². The van der Waals surface area contributed by atoms with Crippen molar-refractivity contribution in [3.05, 3.63) is 142 Å². The molecule has 3 N–H and O–H groups in total. The summed E-state index contributed by atoms with van der Waals surface area (Å²) in [7, 11) is -4.39. The molecule has 6 rings (SSSR count). The molecule has 5 aromatic rings. The molecule has 0 aromatic heterocycles. The SMILES string of the molecule is CCc1cc(-c2cccc(O)c2)ccc1CN1CCN(c2ccc(C(=O)NS(=O)(=O)c3ccc(NCCSc4ccccc4)c([N+](=O)[O-])c3)cc2)CC1. The van der Waals surface area contributed by atoms with Crippen LogP contribution in [0.3, 0.4) is 0 Å². The van der Waals surface area contributed by atoms with E-state index in [4.69, 9.17) is 0 Å². The summed E-state index contributed by atoms with van der Waals surface area (Å²) >= 11 is 1.59. The second-order valence-electron chi connectivity index (χ2n) is 12.7. The zero-order valence-electron chi connectivity index (χ0n) is 29.3. The van der Waals surface area contributed by atoms with E-state index in [-0.39, 0.29) is 21.9 Å². The van der Waals surface area contributed by atoms with Gasteiger partial charge >= 0.3 is 0 Å². The molecule has 0 atom stereocenters. The van der Waals surface area contributed by atoms with Crippen LogP contribution >= 0.6 is 11.8 Å². The maximum atomic E-state index is 13.1. The molecule has 0 unspecified atom stereocenters. The Balaban J connectivity index is 1.02. The van der Waals surface area contributed by atoms with E-state index in [9.17, 15) is 28.4 Å². The van der Waals surface area contributed by atoms with Crippen LogP contribution < -0.4 is 14.9 Å². The van der Waals surface area contributed by atoms with Gasteiger partial charge in [0.1, 0.15) is 11.4 Å². The summed E-state index contributed by atoms with van der Waals surface area (Å²) in [5.41, 5.74) is 5.50. The van der Waals surface area contributed by atoms with Crippen LogP contribution in [0.4, 0.5) is 17.1 Å². The van der Waals surface area contributed by atoms with Crippen molar-refractivity contribution in [1.29, 1.82) is 0 Å². The average molecular weight is 752 g/mol. The number of nitrogens with zero attached hydrogens (tertiary/aromatic N) is 3. The largest absolute Gasteiger partial charge is 0.508 e. The Morgan fingerprint density at radius 1 is 0.849 bits per heavy atom. The van der Waals surface area contributed by atoms with Crippen molar-refractivity contribution in [3.63, 3.8) is 0 Å². The van der Waals surface area contributed by atoms with Crippen LogP contribution in [0.5, 0.6) is 5.75 Å². The van der Waals surface area contributed by atoms with Gasteiger partial charge in [-0.15, -0.1) is 11.8 Å². The number of carbonyl (C=O) groups is 1. The van der Waals surface area contributed by atoms with Gasteiger partial charge in [0.25, 0.3) is 21.6 Å². The number of aryl methyl sites for hydroxylation is 1. The minimum absolute atomic E-state index is 0.154. The molecule has 0 saturated carbocycles. The maximum Gasteiger partial charge on any atom is 0.293 e. The van der Waals surface area contributed by atoms with Crippen LogP contribution in [-0.2, 0) is 23.0 Å². The summed E-state index contributed by atoms with van der Waals surface area (Å²) in [4.78, 5) is 29.5. The highest BCUT2D eigenvalue weighted by molar-refractivity contribution is 7.99. The van der Waals surface area contributed by atoms with Crippen molar-refractivity contribution < 1.29 is 23.2 Å². The number of rotatable bonds is 14. The summed E-state index contributed by atoms with van der Waals surface area (Å²) in [6.45, 7) is 6.69. The van der Waals surface area contributed by atoms with Crippen LogP contribution in [-0.4, -0.2) is 67.7 Å². The lowest BCUT2D eigenvalue weighted by Gasteiger charge is -2.36. The van der Waals surface area contributed by atoms with E-state index in [1.165, 1.54) is 23.3 Å². The molecule has 0 spiro atoms. The third-order valence-electron chi connectivity index (χ3n) is 9.16. The lowest BCUT2D eigenvalue weighted by atomic mass is 9.97. The van der Waals surface area contributed by atoms with E-state index in [0.717, 1.165) is 66.9 Å². The van der Waals surface area contributed by atoms with Gasteiger partial charge in [-0.05, 0) is 89.3 Å². The van der Waals surface area contributed by atoms with Gasteiger partial charge < -0.3 is 15.3 Å². The number of nitro groups is 1. The Hall–Kier alpha value is -5.37. The lowest BCUT2D eigenvalue weighted by Crippen LogP contribution is -2.46. The lowest BCUT2D eigenvalue weighted by molar-refractivity contribution is -0.384. The summed E-state index contributed by atoms with van der Waals surface area (Å²) in [6, 6.07) is 33.8. The number of phenols is 1. The Morgan fingerprint density at radius 2 is 1.58 bits per heavy atom. The van der Waals surface area contributed by atoms with E-state index in [2.05, 4.69) is 45.0 Å². The number of anilines is 2. The molecule has 1 saturated heterocycles. The minimum Gasteiger partial charge on any atom is -0.508 e. The highest BCUT2D eigenvalue weighted by Gasteiger charge is 2.24. The number of phenolic OH excluding ortho intramolecular Hbond substituents is 1. The highest BCUT2D eigenvalue weighted by Crippen LogP contribution is 2.29. The molecule has 0 aliphatic carbocycles. The van der Waals surface area contributed by atoms with Gasteiger partial charge in [-0.25, -0.2) is 13.1 Å². The first-order valence-corrected chi connectivity index (χ1v) is 19.8. The van der Waals surface area contributed by atoms with Gasteiger partial charge in [-0.1, -0.05) is 55.5 Å². The fourth-order valence-corrected chi connectivity index (χ4v) is 8.08. The fraction of sp³-hybridized carbons (Fsp3) is 0.225. The molecule has 5 aromatic carbocycles. The average Bonchev–Trinajstić information content (AvgIpc) is 3.17. The number of aromatic hydroxyl groups is 1. The number of thioether (sulfide) groups is 1. The van der Waals surface area contributed by atoms with Crippen molar-refractivity contribution in [1.82, 2.24) is 9.62 Å². The molecule has 1 amide bonds. The fourth-order valence-electron chi connectivity index (χ4n) is 6.29. The van der Waals surface area contributed by atoms with Crippen LogP contribution in [0.1, 0.15) is 28.4 Å². The predicted octanol–water partition coefficient (Wildman–Crippen LogP) is 7.17. The topological polar surface area (TPSA) is 145 Å². The first kappa shape index (κ1) is 37.4. The number of hydrogen-bond donors (Lipinski definition) is 3. The number of benzene rings is 5. The van der Waals surface area contributed by atoms with Crippen LogP contribution in [0, 0.1) is 10.1 Å². The Kier molecular flexibility index (Phi) is 12.0. The number of carbonyl (C=O) groups excluding carboxylic acids is 1. The van der Waals surface area contributed by atoms with Crippen molar-refractivity contribution in [2.24, 2.45) is 0 Å². The standard InChI is InChI=1S/C40H41N5O6S2/c1-2-29-25-32(31-7-6-8-35(46)26-31)11-12-33(29)28-43-20-22-44(23-21-43)34-15-13-30(14-16-34)40(47)42-53(50,51)37-17-18-38(39(27-37)45(48)49)41-19-24-52-36-9-4-3-5-10-36/h3-18,25-27,41,46H,2,19-24,28H2,1H3,(H,42,47). The Morgan fingerprint density at radius 3 is 2.28 bits per heavy atom. The van der Waals surface area contributed by atoms with E-state index >= 15 is 0 Å². The van der Waals surface area contributed by atoms with E-state index in [1.54, 1.807) is 48.2 Å². The number of sulfonamides is 1. The van der Waals surface area contributed by atoms with E-state index in [0.29, 0.717) is 12.3 Å². The normalized spacial score (nSPS) is 13.4. The summed E-state index contributed by atoms with van der Waals surface area (Å²) in [6.07, 6.45) is 0.905. The molecule has 1 fully saturated rings. The monoisotopic (exact) mass is 751 g/mol. The first-order valence-electron chi connectivity index (χ1n) is 17.4. The number of piperazine rings is 1. The zero-order valence-corrected chi connectivity index (χ0v) is 30.9. The molecule has 13 heteroatoms.